The van der Waals surface area contributed by atoms with Gasteiger partial charge in [0.1, 0.15) is 5.41 Å². The van der Waals surface area contributed by atoms with Crippen LogP contribution in [0.1, 0.15) is 118 Å². The summed E-state index contributed by atoms with van der Waals surface area (Å²) in [6.07, 6.45) is 15.4. The van der Waals surface area contributed by atoms with Gasteiger partial charge >= 0.3 is 29.6 Å². The minimum absolute atomic E-state index is 0. The van der Waals surface area contributed by atoms with Crippen LogP contribution >= 0.6 is 0 Å². The summed E-state index contributed by atoms with van der Waals surface area (Å²) in [5, 5.41) is 28.3. The van der Waals surface area contributed by atoms with Crippen molar-refractivity contribution in [1.82, 2.24) is 5.32 Å². The van der Waals surface area contributed by atoms with Gasteiger partial charge in [-0.25, -0.2) is 4.99 Å². The molecule has 8 nitrogen and oxygen atoms in total. The van der Waals surface area contributed by atoms with Gasteiger partial charge in [0.15, 0.2) is 0 Å². The predicted molar refractivity (Wildman–Crippen MR) is 196 cm³/mol. The topological polar surface area (TPSA) is 131 Å². The normalized spacial score (nSPS) is 14.1. The van der Waals surface area contributed by atoms with Gasteiger partial charge in [0, 0.05) is 13.2 Å². The molecule has 0 fully saturated rings. The average molecular weight is 665 g/mol. The summed E-state index contributed by atoms with van der Waals surface area (Å²) in [6.45, 7) is 41.9. The zero-order valence-electron chi connectivity index (χ0n) is 31.1. The molecule has 0 radical (unpaired) electrons. The molecule has 1 heterocycles. The second-order valence-electron chi connectivity index (χ2n) is 9.08. The van der Waals surface area contributed by atoms with Crippen LogP contribution in [-0.2, 0) is 14.3 Å². The minimum atomic E-state index is -1.15. The van der Waals surface area contributed by atoms with E-state index < -0.39 is 23.3 Å². The van der Waals surface area contributed by atoms with Crippen LogP contribution in [0.5, 0.6) is 0 Å². The maximum Gasteiger partial charge on any atom is 1.00 e. The van der Waals surface area contributed by atoms with Crippen molar-refractivity contribution < 1.29 is 59.2 Å². The fourth-order valence-corrected chi connectivity index (χ4v) is 4.02. The van der Waals surface area contributed by atoms with Crippen LogP contribution in [0.3, 0.4) is 0 Å². The molecule has 3 N–H and O–H groups in total. The summed E-state index contributed by atoms with van der Waals surface area (Å²) >= 11 is 0. The number of aliphatic hydroxyl groups is 2. The Kier molecular flexibility index (Phi) is 80.3. The van der Waals surface area contributed by atoms with Crippen molar-refractivity contribution in [3.63, 3.8) is 0 Å². The molecule has 2 atom stereocenters. The Morgan fingerprint density at radius 3 is 1.37 bits per heavy atom. The van der Waals surface area contributed by atoms with E-state index in [1.807, 2.05) is 13.8 Å². The van der Waals surface area contributed by atoms with E-state index in [-0.39, 0.29) is 48.7 Å². The van der Waals surface area contributed by atoms with Gasteiger partial charge in [-0.3, -0.25) is 9.59 Å². The number of carbonyl (C=O) groups is 2. The molecule has 1 rings (SSSR count). The number of hydrogen-bond donors (Lipinski definition) is 3. The average Bonchev–Trinajstić information content (AvgIpc) is 3.09. The molecule has 0 aromatic carbocycles. The Morgan fingerprint density at radius 1 is 0.717 bits per heavy atom. The third kappa shape index (κ3) is 38.4. The van der Waals surface area contributed by atoms with Crippen molar-refractivity contribution >= 4 is 17.8 Å². The van der Waals surface area contributed by atoms with Gasteiger partial charge in [0.2, 0.25) is 5.91 Å². The minimum Gasteiger partial charge on any atom is -0.846 e. The number of nitrogens with zero attached hydrogens (tertiary/aromatic N) is 1. The molecule has 2 unspecified atom stereocenters. The molecule has 0 spiro atoms. The first-order valence-electron chi connectivity index (χ1n) is 16.2. The third-order valence-electron chi connectivity index (χ3n) is 6.22. The molecular weight excluding hydrogens is 591 g/mol. The maximum absolute atomic E-state index is 11.9. The van der Waals surface area contributed by atoms with E-state index >= 15 is 0 Å². The van der Waals surface area contributed by atoms with Gasteiger partial charge in [0.05, 0.1) is 19.2 Å². The Balaban J connectivity index is -0.0000000741. The molecule has 0 bridgehead atoms. The summed E-state index contributed by atoms with van der Waals surface area (Å²) < 4.78 is 5.59. The van der Waals surface area contributed by atoms with Crippen LogP contribution in [0.2, 0.25) is 0 Å². The molecule has 268 valence electrons. The molecule has 0 aromatic rings. The van der Waals surface area contributed by atoms with Gasteiger partial charge in [-0.15, -0.1) is 65.8 Å². The third-order valence-corrected chi connectivity index (χ3v) is 6.22. The van der Waals surface area contributed by atoms with E-state index in [4.69, 9.17) is 14.9 Å². The van der Waals surface area contributed by atoms with Crippen molar-refractivity contribution in [2.75, 3.05) is 26.4 Å². The molecule has 0 aliphatic carbocycles. The van der Waals surface area contributed by atoms with Gasteiger partial charge in [-0.2, -0.15) is 0 Å². The van der Waals surface area contributed by atoms with Crippen LogP contribution in [0, 0.1) is 11.3 Å². The molecule has 46 heavy (non-hydrogen) atoms. The number of amides is 2. The molecule has 2 amide bonds. The fraction of sp³-hybridized carbons (Fsp3) is 0.649. The molecular formula is C37H73N2NaO6. The largest absolute Gasteiger partial charge is 1.00 e. The van der Waals surface area contributed by atoms with Crippen LogP contribution in [-0.4, -0.2) is 54.5 Å². The van der Waals surface area contributed by atoms with E-state index in [0.29, 0.717) is 6.42 Å². The number of nitrogens with one attached hydrogen (secondary N) is 1. The molecule has 0 aromatic heterocycles. The Morgan fingerprint density at radius 2 is 1.09 bits per heavy atom. The smallest absolute Gasteiger partial charge is 0.846 e. The van der Waals surface area contributed by atoms with E-state index in [9.17, 15) is 14.7 Å². The Labute approximate surface area is 307 Å². The van der Waals surface area contributed by atoms with Gasteiger partial charge in [-0.1, -0.05) is 92.4 Å². The second-order valence-corrected chi connectivity index (χ2v) is 9.08. The summed E-state index contributed by atoms with van der Waals surface area (Å²) in [7, 11) is 0. The van der Waals surface area contributed by atoms with Gasteiger partial charge in [0.25, 0.3) is 5.91 Å². The molecule has 1 aliphatic rings. The predicted octanol–water partition coefficient (Wildman–Crippen LogP) is 5.12. The first-order chi connectivity index (χ1) is 21.8. The molecule has 0 saturated heterocycles. The zero-order valence-corrected chi connectivity index (χ0v) is 33.1. The van der Waals surface area contributed by atoms with Crippen molar-refractivity contribution in [3.05, 3.63) is 65.8 Å². The number of unbranched alkanes of at least 4 members (excludes halogenated alkanes) is 8. The Hall–Kier alpha value is -1.81. The number of aliphatic hydroxyl groups excluding tert-OH is 2. The quantitative estimate of drug-likeness (QED) is 0.0857. The number of rotatable bonds is 17. The van der Waals surface area contributed by atoms with Crippen molar-refractivity contribution in [2.24, 2.45) is 16.3 Å². The van der Waals surface area contributed by atoms with Crippen LogP contribution in [0.25, 0.3) is 0 Å². The number of ether oxygens (including phenoxy) is 1. The number of hydrogen-bond acceptors (Lipinski definition) is 6. The number of amidine groups is 1. The van der Waals surface area contributed by atoms with Crippen molar-refractivity contribution in [2.45, 2.75) is 118 Å². The van der Waals surface area contributed by atoms with Gasteiger partial charge < -0.3 is 25.4 Å². The standard InChI is InChI=1S/C14H30O.C11H18N2O3.C2H6O2.5C2H4.Na/c1-3-5-7-9-11-13-15-14-12-10-8-6-4-2;1-4-6-7(3)11(5-2)8(14)12-10(16)13-9(11)15;3-1-2-4;5*1-2;/h3-14H2,1-2H3;7H,4-6H2,1-3H3,(H2,12,13,14,15,16);3-4H,1-2H2;5*1-2H2;/q;;;;;;;;+1/p-1. The van der Waals surface area contributed by atoms with Crippen LogP contribution < -0.4 is 40.0 Å². The van der Waals surface area contributed by atoms with Crippen molar-refractivity contribution in [3.8, 4) is 0 Å². The summed E-state index contributed by atoms with van der Waals surface area (Å²) in [6, 6.07) is -0.845. The maximum atomic E-state index is 11.9. The second kappa shape index (κ2) is 58.7. The summed E-state index contributed by atoms with van der Waals surface area (Å²) in [5.74, 6) is -1.20. The van der Waals surface area contributed by atoms with E-state index in [2.05, 4.69) is 89.9 Å². The number of aliphatic imine (C=N–C) groups is 1. The SMILES string of the molecule is C=C.C=C.C=C.C=C.C=C.CCCC(C)C1(CC)C(=O)N=C([O-])NC1=O.CCCCCCCOCCCCCCC.OCCO.[Na+]. The molecule has 1 aliphatic heterocycles. The Bertz CT molecular complexity index is 611. The first kappa shape index (κ1) is 62.9. The monoisotopic (exact) mass is 665 g/mol. The van der Waals surface area contributed by atoms with Crippen molar-refractivity contribution in [1.29, 1.82) is 0 Å². The molecule has 0 saturated carbocycles. The zero-order chi connectivity index (χ0) is 37.0. The van der Waals surface area contributed by atoms with Crippen LogP contribution in [0.4, 0.5) is 0 Å². The first-order valence-corrected chi connectivity index (χ1v) is 16.2. The molecule has 9 heteroatoms. The van der Waals surface area contributed by atoms with Gasteiger partial charge in [-0.05, 0) is 31.6 Å². The summed E-state index contributed by atoms with van der Waals surface area (Å²) in [5.41, 5.74) is -1.15. The van der Waals surface area contributed by atoms with E-state index in [0.717, 1.165) is 26.1 Å². The fourth-order valence-electron chi connectivity index (χ4n) is 4.02. The summed E-state index contributed by atoms with van der Waals surface area (Å²) in [4.78, 5) is 27.1. The van der Waals surface area contributed by atoms with Crippen LogP contribution in [0.15, 0.2) is 70.8 Å². The van der Waals surface area contributed by atoms with E-state index in [1.165, 1.54) is 64.2 Å². The number of carbonyl (C=O) groups excluding carboxylic acids is 2. The van der Waals surface area contributed by atoms with E-state index in [1.54, 1.807) is 6.92 Å².